The summed E-state index contributed by atoms with van der Waals surface area (Å²) < 4.78 is 20.9. The van der Waals surface area contributed by atoms with Crippen LogP contribution in [0, 0.1) is 11.7 Å². The fourth-order valence-corrected chi connectivity index (χ4v) is 4.42. The molecule has 166 valence electrons. The first-order chi connectivity index (χ1) is 14.9. The molecule has 7 heteroatoms. The minimum Gasteiger partial charge on any atom is -0.466 e. The first-order valence-electron chi connectivity index (χ1n) is 11.2. The van der Waals surface area contributed by atoms with Gasteiger partial charge in [-0.25, -0.2) is 9.07 Å². The van der Waals surface area contributed by atoms with Crippen LogP contribution >= 0.6 is 0 Å². The van der Waals surface area contributed by atoms with Gasteiger partial charge < -0.3 is 9.64 Å². The molecule has 1 saturated carbocycles. The third-order valence-corrected chi connectivity index (χ3v) is 6.05. The summed E-state index contributed by atoms with van der Waals surface area (Å²) in [5.41, 5.74) is 2.85. The lowest BCUT2D eigenvalue weighted by atomic mass is 9.95. The van der Waals surface area contributed by atoms with E-state index in [1.165, 1.54) is 12.1 Å². The SMILES string of the molecule is CCOC(=O)[C@@H]1CCCN(C(=O)c2c(C3CC3)nn(-c3cccc(F)c3)c2C(C)C)C1. The number of aromatic nitrogens is 2. The van der Waals surface area contributed by atoms with E-state index < -0.39 is 0 Å². The van der Waals surface area contributed by atoms with Crippen LogP contribution in [0.4, 0.5) is 4.39 Å². The predicted molar refractivity (Wildman–Crippen MR) is 115 cm³/mol. The lowest BCUT2D eigenvalue weighted by molar-refractivity contribution is -0.149. The average Bonchev–Trinajstić information content (AvgIpc) is 3.52. The standard InChI is InChI=1S/C24H30FN3O3/c1-4-31-24(30)17-7-6-12-27(14-17)23(29)20-21(16-10-11-16)26-28(22(20)15(2)3)19-9-5-8-18(25)13-19/h5,8-9,13,15-17H,4,6-7,10-12,14H2,1-3H3/t17-/m1/s1. The Balaban J connectivity index is 1.73. The Morgan fingerprint density at radius 3 is 2.68 bits per heavy atom. The van der Waals surface area contributed by atoms with E-state index in [2.05, 4.69) is 0 Å². The van der Waals surface area contributed by atoms with Gasteiger partial charge in [0, 0.05) is 19.0 Å². The van der Waals surface area contributed by atoms with Gasteiger partial charge in [0.15, 0.2) is 0 Å². The van der Waals surface area contributed by atoms with Crippen LogP contribution < -0.4 is 0 Å². The molecule has 1 aliphatic heterocycles. The monoisotopic (exact) mass is 427 g/mol. The minimum atomic E-state index is -0.336. The number of carbonyl (C=O) groups excluding carboxylic acids is 2. The number of esters is 1. The van der Waals surface area contributed by atoms with Crippen molar-refractivity contribution in [2.24, 2.45) is 5.92 Å². The molecule has 6 nitrogen and oxygen atoms in total. The van der Waals surface area contributed by atoms with Crippen LogP contribution in [0.5, 0.6) is 0 Å². The number of hydrogen-bond donors (Lipinski definition) is 0. The summed E-state index contributed by atoms with van der Waals surface area (Å²) in [6.45, 7) is 7.16. The highest BCUT2D eigenvalue weighted by molar-refractivity contribution is 5.97. The topological polar surface area (TPSA) is 64.4 Å². The predicted octanol–water partition coefficient (Wildman–Crippen LogP) is 4.43. The van der Waals surface area contributed by atoms with E-state index in [1.54, 1.807) is 22.6 Å². The molecule has 0 radical (unpaired) electrons. The third-order valence-electron chi connectivity index (χ3n) is 6.05. The molecule has 2 fully saturated rings. The van der Waals surface area contributed by atoms with E-state index in [4.69, 9.17) is 9.84 Å². The summed E-state index contributed by atoms with van der Waals surface area (Å²) in [4.78, 5) is 27.8. The second-order valence-corrected chi connectivity index (χ2v) is 8.81. The van der Waals surface area contributed by atoms with Crippen molar-refractivity contribution in [1.29, 1.82) is 0 Å². The zero-order valence-corrected chi connectivity index (χ0v) is 18.4. The highest BCUT2D eigenvalue weighted by Gasteiger charge is 2.38. The van der Waals surface area contributed by atoms with Crippen LogP contribution in [0.2, 0.25) is 0 Å². The van der Waals surface area contributed by atoms with Gasteiger partial charge >= 0.3 is 5.97 Å². The van der Waals surface area contributed by atoms with Crippen LogP contribution in [-0.4, -0.2) is 46.3 Å². The molecule has 1 aliphatic carbocycles. The zero-order chi connectivity index (χ0) is 22.1. The number of likely N-dealkylation sites (tertiary alicyclic amines) is 1. The van der Waals surface area contributed by atoms with Gasteiger partial charge in [-0.15, -0.1) is 0 Å². The summed E-state index contributed by atoms with van der Waals surface area (Å²) in [5.74, 6) is -0.659. The summed E-state index contributed by atoms with van der Waals surface area (Å²) in [7, 11) is 0. The molecule has 1 saturated heterocycles. The van der Waals surface area contributed by atoms with Gasteiger partial charge in [-0.2, -0.15) is 5.10 Å². The van der Waals surface area contributed by atoms with Crippen molar-refractivity contribution in [2.75, 3.05) is 19.7 Å². The third kappa shape index (κ3) is 4.36. The lowest BCUT2D eigenvalue weighted by Gasteiger charge is -2.32. The van der Waals surface area contributed by atoms with Crippen LogP contribution in [0.3, 0.4) is 0 Å². The Hall–Kier alpha value is -2.70. The van der Waals surface area contributed by atoms with Crippen LogP contribution in [-0.2, 0) is 9.53 Å². The van der Waals surface area contributed by atoms with Crippen LogP contribution in [0.25, 0.3) is 5.69 Å². The number of halogens is 1. The van der Waals surface area contributed by atoms with Gasteiger partial charge in [0.25, 0.3) is 5.91 Å². The number of piperidine rings is 1. The smallest absolute Gasteiger partial charge is 0.310 e. The number of carbonyl (C=O) groups is 2. The van der Waals surface area contributed by atoms with Crippen molar-refractivity contribution >= 4 is 11.9 Å². The number of hydrogen-bond acceptors (Lipinski definition) is 4. The maximum absolute atomic E-state index is 13.9. The summed E-state index contributed by atoms with van der Waals surface area (Å²) in [6.07, 6.45) is 3.51. The van der Waals surface area contributed by atoms with Gasteiger partial charge in [-0.3, -0.25) is 9.59 Å². The van der Waals surface area contributed by atoms with Gasteiger partial charge in [-0.1, -0.05) is 19.9 Å². The molecule has 2 aliphatic rings. The zero-order valence-electron chi connectivity index (χ0n) is 18.4. The lowest BCUT2D eigenvalue weighted by Crippen LogP contribution is -2.43. The molecule has 4 rings (SSSR count). The molecule has 0 unspecified atom stereocenters. The van der Waals surface area contributed by atoms with Crippen LogP contribution in [0.15, 0.2) is 24.3 Å². The quantitative estimate of drug-likeness (QED) is 0.640. The Labute approximate surface area is 182 Å². The maximum Gasteiger partial charge on any atom is 0.310 e. The Kier molecular flexibility index (Phi) is 6.12. The fourth-order valence-electron chi connectivity index (χ4n) is 4.42. The molecule has 1 aromatic carbocycles. The first-order valence-corrected chi connectivity index (χ1v) is 11.2. The number of ether oxygens (including phenoxy) is 1. The van der Waals surface area contributed by atoms with Crippen molar-refractivity contribution < 1.29 is 18.7 Å². The van der Waals surface area contributed by atoms with E-state index in [0.717, 1.165) is 37.1 Å². The molecular weight excluding hydrogens is 397 g/mol. The molecule has 1 amide bonds. The largest absolute Gasteiger partial charge is 0.466 e. The highest BCUT2D eigenvalue weighted by Crippen LogP contribution is 2.43. The molecule has 0 spiro atoms. The molecule has 2 heterocycles. The summed E-state index contributed by atoms with van der Waals surface area (Å²) in [6, 6.07) is 6.31. The van der Waals surface area contributed by atoms with Gasteiger partial charge in [-0.05, 0) is 56.7 Å². The van der Waals surface area contributed by atoms with E-state index in [9.17, 15) is 14.0 Å². The Bertz CT molecular complexity index is 980. The van der Waals surface area contributed by atoms with Gasteiger partial charge in [0.05, 0.1) is 35.2 Å². The molecular formula is C24H30FN3O3. The highest BCUT2D eigenvalue weighted by atomic mass is 19.1. The van der Waals surface area contributed by atoms with Gasteiger partial charge in [0.1, 0.15) is 5.82 Å². The molecule has 1 atom stereocenters. The molecule has 1 aromatic heterocycles. The van der Waals surface area contributed by atoms with E-state index >= 15 is 0 Å². The maximum atomic E-state index is 13.9. The van der Waals surface area contributed by atoms with E-state index in [0.29, 0.717) is 30.9 Å². The number of benzene rings is 1. The minimum absolute atomic E-state index is 0.0212. The van der Waals surface area contributed by atoms with Crippen molar-refractivity contribution in [3.05, 3.63) is 47.0 Å². The second kappa shape index (κ2) is 8.81. The molecule has 31 heavy (non-hydrogen) atoms. The Morgan fingerprint density at radius 2 is 2.03 bits per heavy atom. The van der Waals surface area contributed by atoms with E-state index in [-0.39, 0.29) is 35.4 Å². The molecule has 2 aromatic rings. The number of rotatable bonds is 6. The Morgan fingerprint density at radius 1 is 1.26 bits per heavy atom. The average molecular weight is 428 g/mol. The van der Waals surface area contributed by atoms with Crippen molar-refractivity contribution in [2.45, 2.75) is 58.3 Å². The molecule has 0 N–H and O–H groups in total. The molecule has 0 bridgehead atoms. The van der Waals surface area contributed by atoms with Crippen molar-refractivity contribution in [3.8, 4) is 5.69 Å². The first kappa shape index (κ1) is 21.5. The van der Waals surface area contributed by atoms with E-state index in [1.807, 2.05) is 19.9 Å². The van der Waals surface area contributed by atoms with Gasteiger partial charge in [0.2, 0.25) is 0 Å². The number of nitrogens with zero attached hydrogens (tertiary/aromatic N) is 3. The van der Waals surface area contributed by atoms with Crippen molar-refractivity contribution in [1.82, 2.24) is 14.7 Å². The second-order valence-electron chi connectivity index (χ2n) is 8.81. The van der Waals surface area contributed by atoms with Crippen LogP contribution in [0.1, 0.15) is 80.0 Å². The normalized spacial score (nSPS) is 19.0. The van der Waals surface area contributed by atoms with Crippen molar-refractivity contribution in [3.63, 3.8) is 0 Å². The fraction of sp³-hybridized carbons (Fsp3) is 0.542. The summed E-state index contributed by atoms with van der Waals surface area (Å²) >= 11 is 0. The summed E-state index contributed by atoms with van der Waals surface area (Å²) in [5, 5.41) is 4.82. The number of amides is 1.